The fraction of sp³-hybridized carbons (Fsp3) is 0.391. The molecule has 4 rings (SSSR count). The average Bonchev–Trinajstić information content (AvgIpc) is 2.84. The van der Waals surface area contributed by atoms with Gasteiger partial charge in [-0.1, -0.05) is 6.07 Å². The van der Waals surface area contributed by atoms with Crippen LogP contribution in [0.5, 0.6) is 17.2 Å². The zero-order valence-corrected chi connectivity index (χ0v) is 20.1. The number of hydrogen-bond acceptors (Lipinski definition) is 7. The molecule has 182 valence electrons. The Morgan fingerprint density at radius 3 is 2.44 bits per heavy atom. The van der Waals surface area contributed by atoms with Crippen molar-refractivity contribution in [3.05, 3.63) is 42.0 Å². The zero-order chi connectivity index (χ0) is 24.5. The minimum absolute atomic E-state index is 0.0646. The summed E-state index contributed by atoms with van der Waals surface area (Å²) >= 11 is 0. The Hall–Kier alpha value is -3.31. The summed E-state index contributed by atoms with van der Waals surface area (Å²) in [5.74, 6) is 1.14. The van der Waals surface area contributed by atoms with Gasteiger partial charge in [0.15, 0.2) is 17.6 Å². The second kappa shape index (κ2) is 9.51. The molecule has 1 fully saturated rings. The molecular formula is C23H27N3O7S. The van der Waals surface area contributed by atoms with Crippen LogP contribution in [-0.2, 0) is 26.0 Å². The number of sulfonamides is 1. The minimum Gasteiger partial charge on any atom is -0.493 e. The number of methoxy groups -OCH3 is 2. The Bertz CT molecular complexity index is 1210. The molecule has 2 aromatic rings. The van der Waals surface area contributed by atoms with E-state index >= 15 is 0 Å². The molecule has 1 saturated heterocycles. The van der Waals surface area contributed by atoms with E-state index in [2.05, 4.69) is 5.32 Å². The van der Waals surface area contributed by atoms with Gasteiger partial charge in [-0.05, 0) is 42.8 Å². The van der Waals surface area contributed by atoms with E-state index in [0.29, 0.717) is 22.9 Å². The number of amides is 2. The van der Waals surface area contributed by atoms with Crippen LogP contribution in [0.3, 0.4) is 0 Å². The Morgan fingerprint density at radius 2 is 1.76 bits per heavy atom. The van der Waals surface area contributed by atoms with E-state index in [-0.39, 0.29) is 49.3 Å². The predicted octanol–water partition coefficient (Wildman–Crippen LogP) is 1.50. The molecule has 0 bridgehead atoms. The van der Waals surface area contributed by atoms with E-state index in [1.54, 1.807) is 43.2 Å². The molecule has 2 aliphatic rings. The molecule has 0 aliphatic carbocycles. The van der Waals surface area contributed by atoms with Crippen LogP contribution in [0.2, 0.25) is 0 Å². The van der Waals surface area contributed by atoms with Crippen LogP contribution < -0.4 is 19.5 Å². The van der Waals surface area contributed by atoms with E-state index in [4.69, 9.17) is 14.2 Å². The monoisotopic (exact) mass is 489 g/mol. The average molecular weight is 490 g/mol. The first-order valence-corrected chi connectivity index (χ1v) is 12.3. The first kappa shape index (κ1) is 23.8. The van der Waals surface area contributed by atoms with Crippen molar-refractivity contribution in [1.82, 2.24) is 9.21 Å². The Labute approximate surface area is 198 Å². The largest absolute Gasteiger partial charge is 0.493 e. The van der Waals surface area contributed by atoms with Crippen molar-refractivity contribution in [2.75, 3.05) is 45.7 Å². The second-order valence-electron chi connectivity index (χ2n) is 8.06. The van der Waals surface area contributed by atoms with Gasteiger partial charge in [0.05, 0.1) is 31.2 Å². The molecule has 2 amide bonds. The molecule has 1 atom stereocenters. The number of nitrogens with one attached hydrogen (secondary N) is 1. The summed E-state index contributed by atoms with van der Waals surface area (Å²) in [4.78, 5) is 26.4. The van der Waals surface area contributed by atoms with Crippen LogP contribution in [-0.4, -0.2) is 75.9 Å². The number of carbonyl (C=O) groups is 2. The Morgan fingerprint density at radius 1 is 1.06 bits per heavy atom. The summed E-state index contributed by atoms with van der Waals surface area (Å²) in [7, 11) is -0.712. The number of rotatable bonds is 6. The van der Waals surface area contributed by atoms with Crippen LogP contribution in [0.4, 0.5) is 5.69 Å². The van der Waals surface area contributed by atoms with Crippen LogP contribution in [0.15, 0.2) is 41.3 Å². The molecule has 0 spiro atoms. The minimum atomic E-state index is -3.79. The lowest BCUT2D eigenvalue weighted by Crippen LogP contribution is -2.50. The maximum Gasteiger partial charge on any atom is 0.265 e. The van der Waals surface area contributed by atoms with E-state index in [0.717, 1.165) is 5.56 Å². The molecule has 2 heterocycles. The molecule has 0 unspecified atom stereocenters. The standard InChI is InChI=1S/C23H27N3O7S/c1-15-23(28)24-18-14-17(5-7-19(18)33-15)34(29,30)26-10-8-25(9-11-26)22(27)13-16-4-6-20(31-2)21(12-16)32-3/h4-7,12,14-15H,8-11,13H2,1-3H3,(H,24,28)/t15-/m1/s1. The van der Waals surface area contributed by atoms with Crippen molar-refractivity contribution >= 4 is 27.5 Å². The van der Waals surface area contributed by atoms with Gasteiger partial charge in [0.25, 0.3) is 5.91 Å². The highest BCUT2D eigenvalue weighted by Crippen LogP contribution is 2.33. The lowest BCUT2D eigenvalue weighted by Gasteiger charge is -2.34. The molecule has 34 heavy (non-hydrogen) atoms. The summed E-state index contributed by atoms with van der Waals surface area (Å²) in [6, 6.07) is 9.73. The number of benzene rings is 2. The van der Waals surface area contributed by atoms with E-state index in [1.165, 1.54) is 23.5 Å². The highest BCUT2D eigenvalue weighted by molar-refractivity contribution is 7.89. The van der Waals surface area contributed by atoms with Crippen LogP contribution in [0, 0.1) is 0 Å². The summed E-state index contributed by atoms with van der Waals surface area (Å²) in [6.45, 7) is 2.55. The molecule has 2 aliphatic heterocycles. The van der Waals surface area contributed by atoms with Gasteiger partial charge in [0, 0.05) is 26.2 Å². The van der Waals surface area contributed by atoms with Crippen LogP contribution in [0.1, 0.15) is 12.5 Å². The predicted molar refractivity (Wildman–Crippen MR) is 124 cm³/mol. The molecule has 1 N–H and O–H groups in total. The first-order valence-electron chi connectivity index (χ1n) is 10.8. The fourth-order valence-electron chi connectivity index (χ4n) is 3.95. The molecule has 11 heteroatoms. The lowest BCUT2D eigenvalue weighted by molar-refractivity contribution is -0.131. The van der Waals surface area contributed by atoms with E-state index in [1.807, 2.05) is 0 Å². The number of piperazine rings is 1. The topological polar surface area (TPSA) is 114 Å². The number of fused-ring (bicyclic) bond motifs is 1. The third-order valence-corrected chi connectivity index (χ3v) is 7.81. The molecule has 0 radical (unpaired) electrons. The Kier molecular flexibility index (Phi) is 6.67. The van der Waals surface area contributed by atoms with E-state index in [9.17, 15) is 18.0 Å². The van der Waals surface area contributed by atoms with E-state index < -0.39 is 16.1 Å². The van der Waals surface area contributed by atoms with Gasteiger partial charge >= 0.3 is 0 Å². The summed E-state index contributed by atoms with van der Waals surface area (Å²) in [5, 5.41) is 2.67. The maximum atomic E-state index is 13.2. The fourth-order valence-corrected chi connectivity index (χ4v) is 5.40. The smallest absolute Gasteiger partial charge is 0.265 e. The SMILES string of the molecule is COc1ccc(CC(=O)N2CCN(S(=O)(=O)c3ccc4c(c3)NC(=O)[C@@H](C)O4)CC2)cc1OC. The quantitative estimate of drug-likeness (QED) is 0.654. The van der Waals surface area contributed by atoms with Gasteiger partial charge in [0.2, 0.25) is 15.9 Å². The van der Waals surface area contributed by atoms with Crippen molar-refractivity contribution in [2.45, 2.75) is 24.3 Å². The first-order chi connectivity index (χ1) is 16.2. The zero-order valence-electron chi connectivity index (χ0n) is 19.2. The summed E-state index contributed by atoms with van der Waals surface area (Å²) < 4.78 is 43.7. The van der Waals surface area contributed by atoms with Crippen LogP contribution in [0.25, 0.3) is 0 Å². The molecule has 10 nitrogen and oxygen atoms in total. The maximum absolute atomic E-state index is 13.2. The van der Waals surface area contributed by atoms with Gasteiger partial charge in [-0.15, -0.1) is 0 Å². The molecule has 0 aromatic heterocycles. The van der Waals surface area contributed by atoms with Crippen molar-refractivity contribution in [1.29, 1.82) is 0 Å². The molecule has 2 aromatic carbocycles. The Balaban J connectivity index is 1.40. The number of carbonyl (C=O) groups excluding carboxylic acids is 2. The van der Waals surface area contributed by atoms with Gasteiger partial charge in [-0.2, -0.15) is 4.31 Å². The number of hydrogen-bond donors (Lipinski definition) is 1. The molecular weight excluding hydrogens is 462 g/mol. The summed E-state index contributed by atoms with van der Waals surface area (Å²) in [6.07, 6.45) is -0.463. The highest BCUT2D eigenvalue weighted by Gasteiger charge is 2.32. The number of ether oxygens (including phenoxy) is 3. The third-order valence-electron chi connectivity index (χ3n) is 5.91. The molecule has 0 saturated carbocycles. The van der Waals surface area contributed by atoms with Crippen molar-refractivity contribution in [3.63, 3.8) is 0 Å². The van der Waals surface area contributed by atoms with Crippen molar-refractivity contribution in [3.8, 4) is 17.2 Å². The third kappa shape index (κ3) is 4.66. The normalized spacial score (nSPS) is 18.5. The lowest BCUT2D eigenvalue weighted by atomic mass is 10.1. The van der Waals surface area contributed by atoms with Gasteiger partial charge in [0.1, 0.15) is 5.75 Å². The van der Waals surface area contributed by atoms with Crippen molar-refractivity contribution in [2.24, 2.45) is 0 Å². The van der Waals surface area contributed by atoms with Crippen LogP contribution >= 0.6 is 0 Å². The highest BCUT2D eigenvalue weighted by atomic mass is 32.2. The summed E-state index contributed by atoms with van der Waals surface area (Å²) in [5.41, 5.74) is 1.11. The van der Waals surface area contributed by atoms with Crippen molar-refractivity contribution < 1.29 is 32.2 Å². The number of nitrogens with zero attached hydrogens (tertiary/aromatic N) is 2. The second-order valence-corrected chi connectivity index (χ2v) is 10.00. The number of anilines is 1. The van der Waals surface area contributed by atoms with Gasteiger partial charge < -0.3 is 24.4 Å². The van der Waals surface area contributed by atoms with Gasteiger partial charge in [-0.3, -0.25) is 9.59 Å². The van der Waals surface area contributed by atoms with Gasteiger partial charge in [-0.25, -0.2) is 8.42 Å².